The largest absolute Gasteiger partial charge is 0.491 e. The lowest BCUT2D eigenvalue weighted by Crippen LogP contribution is -2.37. The van der Waals surface area contributed by atoms with Gasteiger partial charge in [-0.2, -0.15) is 5.26 Å². The molecule has 6 nitrogen and oxygen atoms in total. The molecular formula is C17H17N3O3. The van der Waals surface area contributed by atoms with Crippen molar-refractivity contribution < 1.29 is 14.6 Å². The van der Waals surface area contributed by atoms with Gasteiger partial charge >= 0.3 is 6.03 Å². The van der Waals surface area contributed by atoms with E-state index in [1.54, 1.807) is 36.4 Å². The molecule has 1 atom stereocenters. The number of para-hydroxylation sites is 1. The summed E-state index contributed by atoms with van der Waals surface area (Å²) in [5, 5.41) is 23.7. The number of nitrogens with one attached hydrogen (secondary N) is 2. The molecule has 118 valence electrons. The van der Waals surface area contributed by atoms with Gasteiger partial charge in [0, 0.05) is 12.2 Å². The van der Waals surface area contributed by atoms with E-state index in [1.807, 2.05) is 24.3 Å². The van der Waals surface area contributed by atoms with Crippen molar-refractivity contribution in [2.45, 2.75) is 6.10 Å². The first-order valence-electron chi connectivity index (χ1n) is 7.08. The number of hydrogen-bond acceptors (Lipinski definition) is 4. The predicted octanol–water partition coefficient (Wildman–Crippen LogP) is 2.12. The molecule has 0 saturated carbocycles. The molecule has 2 rings (SSSR count). The quantitative estimate of drug-likeness (QED) is 0.761. The number of carbonyl (C=O) groups is 1. The van der Waals surface area contributed by atoms with Crippen molar-refractivity contribution in [2.75, 3.05) is 18.5 Å². The smallest absolute Gasteiger partial charge is 0.319 e. The second kappa shape index (κ2) is 8.41. The molecule has 0 saturated heterocycles. The van der Waals surface area contributed by atoms with Crippen LogP contribution in [0.4, 0.5) is 10.5 Å². The van der Waals surface area contributed by atoms with Gasteiger partial charge in [0.25, 0.3) is 0 Å². The van der Waals surface area contributed by atoms with Gasteiger partial charge in [-0.3, -0.25) is 0 Å². The van der Waals surface area contributed by atoms with E-state index in [-0.39, 0.29) is 13.2 Å². The predicted molar refractivity (Wildman–Crippen MR) is 86.1 cm³/mol. The van der Waals surface area contributed by atoms with Crippen LogP contribution < -0.4 is 15.4 Å². The lowest BCUT2D eigenvalue weighted by molar-refractivity contribution is 0.108. The van der Waals surface area contributed by atoms with Gasteiger partial charge in [0.2, 0.25) is 0 Å². The molecule has 6 heteroatoms. The average molecular weight is 311 g/mol. The number of anilines is 1. The Hall–Kier alpha value is -3.04. The molecule has 0 aliphatic carbocycles. The number of benzene rings is 2. The molecular weight excluding hydrogens is 294 g/mol. The van der Waals surface area contributed by atoms with Crippen molar-refractivity contribution in [3.05, 3.63) is 60.2 Å². The summed E-state index contributed by atoms with van der Waals surface area (Å²) in [6, 6.07) is 17.2. The topological polar surface area (TPSA) is 94.4 Å². The fourth-order valence-electron chi connectivity index (χ4n) is 1.78. The van der Waals surface area contributed by atoms with E-state index in [2.05, 4.69) is 10.6 Å². The van der Waals surface area contributed by atoms with Gasteiger partial charge < -0.3 is 20.5 Å². The summed E-state index contributed by atoms with van der Waals surface area (Å²) in [4.78, 5) is 11.7. The molecule has 0 aromatic heterocycles. The van der Waals surface area contributed by atoms with Gasteiger partial charge in [-0.05, 0) is 36.4 Å². The maximum Gasteiger partial charge on any atom is 0.319 e. The molecule has 3 N–H and O–H groups in total. The first-order valence-corrected chi connectivity index (χ1v) is 7.08. The zero-order valence-electron chi connectivity index (χ0n) is 12.4. The normalized spacial score (nSPS) is 11.1. The van der Waals surface area contributed by atoms with Crippen molar-refractivity contribution >= 4 is 11.7 Å². The van der Waals surface area contributed by atoms with Gasteiger partial charge in [-0.15, -0.1) is 0 Å². The molecule has 0 fully saturated rings. The molecule has 2 amide bonds. The molecule has 0 radical (unpaired) electrons. The number of hydrogen-bond donors (Lipinski definition) is 3. The molecule has 0 spiro atoms. The molecule has 0 unspecified atom stereocenters. The minimum atomic E-state index is -0.818. The lowest BCUT2D eigenvalue weighted by Gasteiger charge is -2.13. The summed E-state index contributed by atoms with van der Waals surface area (Å²) in [5.41, 5.74) is 1.08. The second-order valence-electron chi connectivity index (χ2n) is 4.80. The third kappa shape index (κ3) is 5.69. The highest BCUT2D eigenvalue weighted by Crippen LogP contribution is 2.09. The van der Waals surface area contributed by atoms with Crippen LogP contribution in [0.2, 0.25) is 0 Å². The SMILES string of the molecule is N#Cc1ccc(NC(=O)NC[C@@H](O)COc2ccccc2)cc1. The highest BCUT2D eigenvalue weighted by atomic mass is 16.5. The fourth-order valence-corrected chi connectivity index (χ4v) is 1.78. The van der Waals surface area contributed by atoms with Crippen molar-refractivity contribution in [1.29, 1.82) is 5.26 Å². The van der Waals surface area contributed by atoms with Crippen molar-refractivity contribution in [2.24, 2.45) is 0 Å². The van der Waals surface area contributed by atoms with Crippen molar-refractivity contribution in [3.8, 4) is 11.8 Å². The fraction of sp³-hybridized carbons (Fsp3) is 0.176. The second-order valence-corrected chi connectivity index (χ2v) is 4.80. The zero-order chi connectivity index (χ0) is 16.5. The van der Waals surface area contributed by atoms with Crippen LogP contribution in [0, 0.1) is 11.3 Å². The average Bonchev–Trinajstić information content (AvgIpc) is 2.60. The Kier molecular flexibility index (Phi) is 5.98. The van der Waals surface area contributed by atoms with E-state index >= 15 is 0 Å². The summed E-state index contributed by atoms with van der Waals surface area (Å²) in [6.07, 6.45) is -0.818. The van der Waals surface area contributed by atoms with Gasteiger partial charge in [0.1, 0.15) is 18.5 Å². The van der Waals surface area contributed by atoms with Crippen molar-refractivity contribution in [1.82, 2.24) is 5.32 Å². The Morgan fingerprint density at radius 3 is 2.52 bits per heavy atom. The maximum absolute atomic E-state index is 11.7. The first-order chi connectivity index (χ1) is 11.2. The van der Waals surface area contributed by atoms with Crippen LogP contribution in [0.25, 0.3) is 0 Å². The first kappa shape index (κ1) is 16.3. The highest BCUT2D eigenvalue weighted by Gasteiger charge is 2.08. The Labute approximate surface area is 134 Å². The lowest BCUT2D eigenvalue weighted by atomic mass is 10.2. The van der Waals surface area contributed by atoms with E-state index in [4.69, 9.17) is 10.00 Å². The standard InChI is InChI=1S/C17H17N3O3/c18-10-13-6-8-14(9-7-13)20-17(22)19-11-15(21)12-23-16-4-2-1-3-5-16/h1-9,15,21H,11-12H2,(H2,19,20,22)/t15-/m1/s1. The Bertz CT molecular complexity index is 666. The molecule has 2 aromatic rings. The van der Waals surface area contributed by atoms with Crippen LogP contribution in [0.15, 0.2) is 54.6 Å². The molecule has 0 aliphatic rings. The number of nitriles is 1. The minimum absolute atomic E-state index is 0.0644. The van der Waals surface area contributed by atoms with E-state index in [1.165, 1.54) is 0 Å². The number of carbonyl (C=O) groups excluding carboxylic acids is 1. The van der Waals surface area contributed by atoms with Gasteiger partial charge in [-0.25, -0.2) is 4.79 Å². The minimum Gasteiger partial charge on any atom is -0.491 e. The van der Waals surface area contributed by atoms with Crippen LogP contribution in [0.3, 0.4) is 0 Å². The summed E-state index contributed by atoms with van der Waals surface area (Å²) < 4.78 is 5.39. The monoisotopic (exact) mass is 311 g/mol. The van der Waals surface area contributed by atoms with E-state index in [0.29, 0.717) is 17.0 Å². The van der Waals surface area contributed by atoms with Crippen LogP contribution in [-0.4, -0.2) is 30.4 Å². The number of ether oxygens (including phenoxy) is 1. The van der Waals surface area contributed by atoms with Crippen LogP contribution in [-0.2, 0) is 0 Å². The molecule has 2 aromatic carbocycles. The highest BCUT2D eigenvalue weighted by molar-refractivity contribution is 5.89. The van der Waals surface area contributed by atoms with Crippen LogP contribution in [0.1, 0.15) is 5.56 Å². The number of amides is 2. The van der Waals surface area contributed by atoms with Gasteiger partial charge in [0.05, 0.1) is 11.6 Å². The third-order valence-electron chi connectivity index (χ3n) is 2.96. The van der Waals surface area contributed by atoms with Crippen molar-refractivity contribution in [3.63, 3.8) is 0 Å². The Morgan fingerprint density at radius 1 is 1.17 bits per heavy atom. The zero-order valence-corrected chi connectivity index (χ0v) is 12.4. The number of aliphatic hydroxyl groups excluding tert-OH is 1. The van der Waals surface area contributed by atoms with E-state index < -0.39 is 12.1 Å². The van der Waals surface area contributed by atoms with E-state index in [0.717, 1.165) is 0 Å². The molecule has 0 heterocycles. The number of nitrogens with zero attached hydrogens (tertiary/aromatic N) is 1. The van der Waals surface area contributed by atoms with Gasteiger partial charge in [0.15, 0.2) is 0 Å². The number of aliphatic hydroxyl groups is 1. The summed E-state index contributed by atoms with van der Waals surface area (Å²) >= 11 is 0. The molecule has 23 heavy (non-hydrogen) atoms. The van der Waals surface area contributed by atoms with Gasteiger partial charge in [-0.1, -0.05) is 18.2 Å². The summed E-state index contributed by atoms with van der Waals surface area (Å²) in [6.45, 7) is 0.149. The summed E-state index contributed by atoms with van der Waals surface area (Å²) in [7, 11) is 0. The molecule has 0 aliphatic heterocycles. The number of rotatable bonds is 6. The summed E-state index contributed by atoms with van der Waals surface area (Å²) in [5.74, 6) is 0.661. The third-order valence-corrected chi connectivity index (χ3v) is 2.96. The Balaban J connectivity index is 1.70. The molecule has 0 bridgehead atoms. The van der Waals surface area contributed by atoms with E-state index in [9.17, 15) is 9.90 Å². The maximum atomic E-state index is 11.7. The van der Waals surface area contributed by atoms with Crippen LogP contribution >= 0.6 is 0 Å². The number of urea groups is 1. The van der Waals surface area contributed by atoms with Crippen LogP contribution in [0.5, 0.6) is 5.75 Å². The Morgan fingerprint density at radius 2 is 1.87 bits per heavy atom.